The lowest BCUT2D eigenvalue weighted by molar-refractivity contribution is -0.113. The van der Waals surface area contributed by atoms with Crippen LogP contribution in [0.25, 0.3) is 11.4 Å². The highest BCUT2D eigenvalue weighted by atomic mass is 35.5. The molecule has 0 saturated carbocycles. The molecule has 1 aromatic carbocycles. The predicted molar refractivity (Wildman–Crippen MR) is 111 cm³/mol. The molecule has 0 saturated heterocycles. The number of ether oxygens (including phenoxy) is 1. The molecule has 13 heteroatoms. The largest absolute Gasteiger partial charge is 0.435 e. The van der Waals surface area contributed by atoms with Crippen molar-refractivity contribution in [3.8, 4) is 17.1 Å². The first-order chi connectivity index (χ1) is 14.3. The van der Waals surface area contributed by atoms with E-state index in [1.165, 1.54) is 35.1 Å². The highest BCUT2D eigenvalue weighted by molar-refractivity contribution is 7.99. The number of alkyl halides is 2. The maximum absolute atomic E-state index is 12.2. The van der Waals surface area contributed by atoms with E-state index in [9.17, 15) is 13.6 Å². The molecule has 30 heavy (non-hydrogen) atoms. The van der Waals surface area contributed by atoms with Crippen LogP contribution in [0.1, 0.15) is 5.56 Å². The summed E-state index contributed by atoms with van der Waals surface area (Å²) in [4.78, 5) is 16.2. The fourth-order valence-corrected chi connectivity index (χ4v) is 3.35. The summed E-state index contributed by atoms with van der Waals surface area (Å²) in [6.45, 7) is -1.20. The third kappa shape index (κ3) is 5.10. The van der Waals surface area contributed by atoms with Crippen molar-refractivity contribution in [1.29, 1.82) is 0 Å². The highest BCUT2D eigenvalue weighted by Crippen LogP contribution is 2.29. The van der Waals surface area contributed by atoms with Crippen LogP contribution < -0.4 is 15.9 Å². The van der Waals surface area contributed by atoms with Crippen LogP contribution in [0.4, 0.5) is 14.6 Å². The van der Waals surface area contributed by atoms with Crippen LogP contribution in [0, 0.1) is 6.92 Å². The molecule has 3 N–H and O–H groups in total. The minimum atomic E-state index is -2.91. The first-order valence-corrected chi connectivity index (χ1v) is 9.99. The molecule has 0 fully saturated rings. The molecule has 0 aliphatic carbocycles. The summed E-state index contributed by atoms with van der Waals surface area (Å²) in [6, 6.07) is 5.76. The van der Waals surface area contributed by atoms with Crippen LogP contribution in [0.5, 0.6) is 5.75 Å². The fraction of sp³-hybridized carbons (Fsp3) is 0.176. The maximum atomic E-state index is 12.2. The van der Waals surface area contributed by atoms with Gasteiger partial charge in [0.05, 0.1) is 15.8 Å². The van der Waals surface area contributed by atoms with E-state index in [0.29, 0.717) is 22.0 Å². The summed E-state index contributed by atoms with van der Waals surface area (Å²) in [6.07, 6.45) is 1.39. The Bertz CT molecular complexity index is 1070. The number of nitrogens with two attached hydrogens (primary N) is 1. The Labute approximate surface area is 183 Å². The summed E-state index contributed by atoms with van der Waals surface area (Å²) >= 11 is 13.1. The van der Waals surface area contributed by atoms with Crippen LogP contribution >= 0.6 is 35.0 Å². The first-order valence-electron chi connectivity index (χ1n) is 8.25. The number of nitrogens with one attached hydrogen (secondary N) is 1. The Hall–Kier alpha value is -2.63. The number of nitrogens with zero attached hydrogens (tertiary/aromatic N) is 4. The van der Waals surface area contributed by atoms with Gasteiger partial charge in [0.1, 0.15) is 5.75 Å². The monoisotopic (exact) mass is 474 g/mol. The molecule has 3 rings (SSSR count). The normalized spacial score (nSPS) is 11.0. The predicted octanol–water partition coefficient (Wildman–Crippen LogP) is 4.00. The van der Waals surface area contributed by atoms with Crippen molar-refractivity contribution in [1.82, 2.24) is 19.9 Å². The summed E-state index contributed by atoms with van der Waals surface area (Å²) in [5.41, 5.74) is 1.14. The number of hydrogen-bond donors (Lipinski definition) is 2. The molecule has 0 bridgehead atoms. The van der Waals surface area contributed by atoms with E-state index >= 15 is 0 Å². The Morgan fingerprint density at radius 1 is 1.30 bits per heavy atom. The van der Waals surface area contributed by atoms with E-state index in [2.05, 4.69) is 25.2 Å². The van der Waals surface area contributed by atoms with Gasteiger partial charge >= 0.3 is 6.61 Å². The van der Waals surface area contributed by atoms with Crippen LogP contribution in [0.3, 0.4) is 0 Å². The number of carbonyl (C=O) groups excluding carboxylic acids is 1. The number of nitrogen functional groups attached to an aromatic ring is 1. The van der Waals surface area contributed by atoms with Crippen LogP contribution in [0.15, 0.2) is 35.6 Å². The highest BCUT2D eigenvalue weighted by Gasteiger charge is 2.16. The van der Waals surface area contributed by atoms with Gasteiger partial charge in [-0.3, -0.25) is 4.79 Å². The molecule has 0 aliphatic rings. The van der Waals surface area contributed by atoms with Crippen molar-refractivity contribution < 1.29 is 18.3 Å². The zero-order valence-electron chi connectivity index (χ0n) is 15.3. The number of benzene rings is 1. The fourth-order valence-electron chi connectivity index (χ4n) is 2.30. The molecule has 0 radical (unpaired) electrons. The second-order valence-electron chi connectivity index (χ2n) is 5.81. The lowest BCUT2D eigenvalue weighted by Gasteiger charge is -2.09. The molecule has 0 spiro atoms. The average molecular weight is 475 g/mol. The maximum Gasteiger partial charge on any atom is 0.387 e. The van der Waals surface area contributed by atoms with Gasteiger partial charge in [0.2, 0.25) is 11.1 Å². The summed E-state index contributed by atoms with van der Waals surface area (Å²) in [7, 11) is 0. The topological polar surface area (TPSA) is 108 Å². The second kappa shape index (κ2) is 9.45. The van der Waals surface area contributed by atoms with Crippen molar-refractivity contribution >= 4 is 46.7 Å². The van der Waals surface area contributed by atoms with Gasteiger partial charge in [-0.05, 0) is 36.8 Å². The molecule has 3 aromatic rings. The molecule has 1 amide bonds. The smallest absolute Gasteiger partial charge is 0.387 e. The van der Waals surface area contributed by atoms with E-state index in [-0.39, 0.29) is 33.4 Å². The lowest BCUT2D eigenvalue weighted by Crippen LogP contribution is -2.17. The number of pyridine rings is 1. The number of rotatable bonds is 7. The summed E-state index contributed by atoms with van der Waals surface area (Å²) in [5.74, 6) is 6.08. The van der Waals surface area contributed by atoms with Crippen molar-refractivity contribution in [2.24, 2.45) is 0 Å². The number of hydrogen-bond acceptors (Lipinski definition) is 7. The molecule has 158 valence electrons. The molecular weight excluding hydrogens is 461 g/mol. The van der Waals surface area contributed by atoms with Crippen molar-refractivity contribution in [2.45, 2.75) is 18.7 Å². The van der Waals surface area contributed by atoms with Gasteiger partial charge in [0.25, 0.3) is 0 Å². The Kier molecular flexibility index (Phi) is 6.95. The molecule has 0 unspecified atom stereocenters. The first kappa shape index (κ1) is 22.1. The third-order valence-corrected chi connectivity index (χ3v) is 5.58. The number of anilines is 1. The quantitative estimate of drug-likeness (QED) is 0.393. The number of thioether (sulfide) groups is 1. The zero-order valence-corrected chi connectivity index (χ0v) is 17.6. The van der Waals surface area contributed by atoms with Gasteiger partial charge in [0.15, 0.2) is 11.6 Å². The number of halogens is 4. The van der Waals surface area contributed by atoms with Crippen molar-refractivity contribution in [3.63, 3.8) is 0 Å². The Morgan fingerprint density at radius 3 is 2.67 bits per heavy atom. The van der Waals surface area contributed by atoms with Gasteiger partial charge in [-0.15, -0.1) is 10.2 Å². The summed E-state index contributed by atoms with van der Waals surface area (Å²) < 4.78 is 30.0. The van der Waals surface area contributed by atoms with E-state index in [1.54, 1.807) is 6.92 Å². The molecule has 8 nitrogen and oxygen atoms in total. The molecule has 2 aromatic heterocycles. The molecular formula is C17H14Cl2F2N6O2S. The SMILES string of the molecule is Cc1c(Cl)cnc(NC(=O)CSc2nnc(-c3ccc(OC(F)F)cc3)n2N)c1Cl. The van der Waals surface area contributed by atoms with Crippen molar-refractivity contribution in [3.05, 3.63) is 46.1 Å². The van der Waals surface area contributed by atoms with Crippen LogP contribution in [-0.4, -0.2) is 38.1 Å². The average Bonchev–Trinajstić information content (AvgIpc) is 3.07. The van der Waals surface area contributed by atoms with Gasteiger partial charge < -0.3 is 15.9 Å². The minimum absolute atomic E-state index is 0.00723. The minimum Gasteiger partial charge on any atom is -0.435 e. The van der Waals surface area contributed by atoms with Gasteiger partial charge in [0, 0.05) is 11.8 Å². The second-order valence-corrected chi connectivity index (χ2v) is 7.54. The summed E-state index contributed by atoms with van der Waals surface area (Å²) in [5, 5.41) is 11.4. The standard InChI is InChI=1S/C17H14Cl2F2N6O2S/c1-8-11(18)6-23-14(13(8)19)24-12(28)7-30-17-26-25-15(27(17)22)9-2-4-10(5-3-9)29-16(20)21/h2-6,16H,7,22H2,1H3,(H,23,24,28). The molecule has 0 aliphatic heterocycles. The van der Waals surface area contributed by atoms with Gasteiger partial charge in [-0.2, -0.15) is 8.78 Å². The van der Waals surface area contributed by atoms with Gasteiger partial charge in [-0.1, -0.05) is 35.0 Å². The Morgan fingerprint density at radius 2 is 2.00 bits per heavy atom. The van der Waals surface area contributed by atoms with Crippen LogP contribution in [0.2, 0.25) is 10.0 Å². The van der Waals surface area contributed by atoms with Crippen molar-refractivity contribution in [2.75, 3.05) is 16.9 Å². The number of amides is 1. The number of aromatic nitrogens is 4. The Balaban J connectivity index is 1.64. The van der Waals surface area contributed by atoms with E-state index in [4.69, 9.17) is 29.0 Å². The lowest BCUT2D eigenvalue weighted by atomic mass is 10.2. The number of carbonyl (C=O) groups is 1. The van der Waals surface area contributed by atoms with E-state index < -0.39 is 6.61 Å². The van der Waals surface area contributed by atoms with E-state index in [1.807, 2.05) is 0 Å². The van der Waals surface area contributed by atoms with Gasteiger partial charge in [-0.25, -0.2) is 9.66 Å². The van der Waals surface area contributed by atoms with E-state index in [0.717, 1.165) is 11.8 Å². The molecule has 2 heterocycles. The van der Waals surface area contributed by atoms with Crippen LogP contribution in [-0.2, 0) is 4.79 Å². The molecule has 0 atom stereocenters. The third-order valence-electron chi connectivity index (χ3n) is 3.79. The zero-order chi connectivity index (χ0) is 21.8.